The second-order valence-corrected chi connectivity index (χ2v) is 12.8. The van der Waals surface area contributed by atoms with Crippen LogP contribution in [0.3, 0.4) is 0 Å². The standard InChI is InChI=1S/C42H26N2S/c1-2-11-28(12-3-1)43-37-18-7-5-14-32(37)36-26-29(22-24-40(36)43)44-38-19-8-4-13-31(38)35-25-27(21-23-39(35)44)30-16-10-17-34-33-15-6-9-20-41(33)45-42(30)34/h1-26H. The lowest BCUT2D eigenvalue weighted by atomic mass is 10.0. The van der Waals surface area contributed by atoms with Crippen molar-refractivity contribution in [3.63, 3.8) is 0 Å². The topological polar surface area (TPSA) is 9.86 Å². The fourth-order valence-electron chi connectivity index (χ4n) is 7.35. The number of benzene rings is 7. The number of thiophene rings is 1. The molecule has 210 valence electrons. The van der Waals surface area contributed by atoms with Crippen molar-refractivity contribution in [3.8, 4) is 22.5 Å². The average molecular weight is 591 g/mol. The zero-order chi connectivity index (χ0) is 29.5. The number of para-hydroxylation sites is 3. The summed E-state index contributed by atoms with van der Waals surface area (Å²) in [6, 6.07) is 57.6. The molecule has 0 atom stereocenters. The van der Waals surface area contributed by atoms with E-state index in [1.54, 1.807) is 0 Å². The van der Waals surface area contributed by atoms with Crippen molar-refractivity contribution in [2.24, 2.45) is 0 Å². The second kappa shape index (κ2) is 9.43. The Morgan fingerprint density at radius 2 is 0.933 bits per heavy atom. The van der Waals surface area contributed by atoms with Crippen LogP contribution in [0.2, 0.25) is 0 Å². The first kappa shape index (κ1) is 24.8. The van der Waals surface area contributed by atoms with Crippen LogP contribution < -0.4 is 0 Å². The van der Waals surface area contributed by atoms with E-state index in [-0.39, 0.29) is 0 Å². The van der Waals surface area contributed by atoms with Crippen LogP contribution in [0.25, 0.3) is 86.3 Å². The van der Waals surface area contributed by atoms with E-state index >= 15 is 0 Å². The van der Waals surface area contributed by atoms with Gasteiger partial charge in [0.25, 0.3) is 0 Å². The maximum absolute atomic E-state index is 2.43. The van der Waals surface area contributed by atoms with Gasteiger partial charge < -0.3 is 9.13 Å². The van der Waals surface area contributed by atoms with Gasteiger partial charge >= 0.3 is 0 Å². The Balaban J connectivity index is 1.21. The molecule has 3 aromatic heterocycles. The van der Waals surface area contributed by atoms with Gasteiger partial charge in [0.15, 0.2) is 0 Å². The molecular formula is C42H26N2S. The molecule has 7 aromatic carbocycles. The van der Waals surface area contributed by atoms with Gasteiger partial charge in [-0.1, -0.05) is 97.1 Å². The first-order valence-corrected chi connectivity index (χ1v) is 16.2. The smallest absolute Gasteiger partial charge is 0.0542 e. The average Bonchev–Trinajstić information content (AvgIpc) is 3.76. The van der Waals surface area contributed by atoms with Crippen LogP contribution in [0.15, 0.2) is 158 Å². The zero-order valence-electron chi connectivity index (χ0n) is 24.3. The van der Waals surface area contributed by atoms with Crippen LogP contribution >= 0.6 is 11.3 Å². The summed E-state index contributed by atoms with van der Waals surface area (Å²) in [5.41, 5.74) is 9.76. The molecule has 3 heterocycles. The van der Waals surface area contributed by atoms with E-state index in [0.717, 1.165) is 0 Å². The van der Waals surface area contributed by atoms with Gasteiger partial charge in [-0.25, -0.2) is 0 Å². The van der Waals surface area contributed by atoms with E-state index in [2.05, 4.69) is 167 Å². The summed E-state index contributed by atoms with van der Waals surface area (Å²) < 4.78 is 7.49. The molecule has 0 aliphatic rings. The van der Waals surface area contributed by atoms with Crippen molar-refractivity contribution in [3.05, 3.63) is 158 Å². The highest BCUT2D eigenvalue weighted by Crippen LogP contribution is 2.42. The summed E-state index contributed by atoms with van der Waals surface area (Å²) in [7, 11) is 0. The lowest BCUT2D eigenvalue weighted by Crippen LogP contribution is -1.95. The fraction of sp³-hybridized carbons (Fsp3) is 0. The van der Waals surface area contributed by atoms with Gasteiger partial charge in [0.05, 0.1) is 22.1 Å². The Labute approximate surface area is 263 Å². The normalized spacial score (nSPS) is 12.0. The monoisotopic (exact) mass is 590 g/mol. The molecule has 0 aliphatic carbocycles. The van der Waals surface area contributed by atoms with Crippen molar-refractivity contribution < 1.29 is 0 Å². The van der Waals surface area contributed by atoms with Crippen molar-refractivity contribution in [2.75, 3.05) is 0 Å². The molecule has 0 bridgehead atoms. The van der Waals surface area contributed by atoms with E-state index in [4.69, 9.17) is 0 Å². The molecule has 0 spiro atoms. The van der Waals surface area contributed by atoms with Gasteiger partial charge in [-0.2, -0.15) is 0 Å². The number of hydrogen-bond donors (Lipinski definition) is 0. The largest absolute Gasteiger partial charge is 0.309 e. The second-order valence-electron chi connectivity index (χ2n) is 11.8. The molecule has 10 rings (SSSR count). The Kier molecular flexibility index (Phi) is 5.19. The molecular weight excluding hydrogens is 565 g/mol. The van der Waals surface area contributed by atoms with Crippen LogP contribution in [0.5, 0.6) is 0 Å². The molecule has 10 aromatic rings. The first-order valence-electron chi connectivity index (χ1n) is 15.4. The highest BCUT2D eigenvalue weighted by atomic mass is 32.1. The highest BCUT2D eigenvalue weighted by Gasteiger charge is 2.17. The van der Waals surface area contributed by atoms with E-state index in [9.17, 15) is 0 Å². The summed E-state index contributed by atoms with van der Waals surface area (Å²) in [6.07, 6.45) is 0. The molecule has 0 saturated carbocycles. The van der Waals surface area contributed by atoms with Crippen molar-refractivity contribution >= 4 is 75.1 Å². The van der Waals surface area contributed by atoms with E-state index < -0.39 is 0 Å². The van der Waals surface area contributed by atoms with Crippen LogP contribution in [0.4, 0.5) is 0 Å². The molecule has 0 radical (unpaired) electrons. The third-order valence-electron chi connectivity index (χ3n) is 9.32. The van der Waals surface area contributed by atoms with E-state index in [1.807, 2.05) is 11.3 Å². The summed E-state index contributed by atoms with van der Waals surface area (Å²) in [5.74, 6) is 0. The number of nitrogens with zero attached hydrogens (tertiary/aromatic N) is 2. The molecule has 0 N–H and O–H groups in total. The Bertz CT molecular complexity index is 2760. The zero-order valence-corrected chi connectivity index (χ0v) is 25.1. The summed E-state index contributed by atoms with van der Waals surface area (Å²) in [4.78, 5) is 0. The molecule has 0 aliphatic heterocycles. The number of aromatic nitrogens is 2. The van der Waals surface area contributed by atoms with Crippen molar-refractivity contribution in [1.82, 2.24) is 9.13 Å². The maximum Gasteiger partial charge on any atom is 0.0542 e. The quantitative estimate of drug-likeness (QED) is 0.194. The third-order valence-corrected chi connectivity index (χ3v) is 10.5. The minimum atomic E-state index is 1.17. The fourth-order valence-corrected chi connectivity index (χ4v) is 8.59. The Morgan fingerprint density at radius 3 is 1.71 bits per heavy atom. The van der Waals surface area contributed by atoms with Gasteiger partial charge in [0.2, 0.25) is 0 Å². The van der Waals surface area contributed by atoms with Crippen LogP contribution in [-0.2, 0) is 0 Å². The van der Waals surface area contributed by atoms with Crippen LogP contribution in [-0.4, -0.2) is 9.13 Å². The first-order chi connectivity index (χ1) is 22.3. The molecule has 45 heavy (non-hydrogen) atoms. The van der Waals surface area contributed by atoms with Gasteiger partial charge in [0, 0.05) is 53.1 Å². The molecule has 2 nitrogen and oxygen atoms in total. The predicted octanol–water partition coefficient (Wildman–Crippen LogP) is 11.9. The summed E-state index contributed by atoms with van der Waals surface area (Å²) in [5, 5.41) is 7.72. The number of hydrogen-bond acceptors (Lipinski definition) is 1. The number of fused-ring (bicyclic) bond motifs is 9. The minimum absolute atomic E-state index is 1.17. The van der Waals surface area contributed by atoms with Gasteiger partial charge in [-0.05, 0) is 71.8 Å². The lowest BCUT2D eigenvalue weighted by molar-refractivity contribution is 1.17. The van der Waals surface area contributed by atoms with Crippen LogP contribution in [0.1, 0.15) is 0 Å². The van der Waals surface area contributed by atoms with Gasteiger partial charge in [-0.15, -0.1) is 11.3 Å². The highest BCUT2D eigenvalue weighted by molar-refractivity contribution is 7.26. The van der Waals surface area contributed by atoms with Crippen molar-refractivity contribution in [1.29, 1.82) is 0 Å². The van der Waals surface area contributed by atoms with Gasteiger partial charge in [-0.3, -0.25) is 0 Å². The molecule has 0 amide bonds. The van der Waals surface area contributed by atoms with E-state index in [1.165, 1.54) is 86.3 Å². The summed E-state index contributed by atoms with van der Waals surface area (Å²) >= 11 is 1.89. The summed E-state index contributed by atoms with van der Waals surface area (Å²) in [6.45, 7) is 0. The number of rotatable bonds is 3. The Hall–Kier alpha value is -5.64. The van der Waals surface area contributed by atoms with Gasteiger partial charge in [0.1, 0.15) is 0 Å². The van der Waals surface area contributed by atoms with Crippen LogP contribution in [0, 0.1) is 0 Å². The predicted molar refractivity (Wildman–Crippen MR) is 193 cm³/mol. The molecule has 3 heteroatoms. The lowest BCUT2D eigenvalue weighted by Gasteiger charge is -2.11. The minimum Gasteiger partial charge on any atom is -0.309 e. The SMILES string of the molecule is c1ccc(-n2c3ccccc3c3cc(-n4c5ccccc5c5cc(-c6cccc7c6sc6ccccc67)ccc54)ccc32)cc1. The Morgan fingerprint density at radius 1 is 0.356 bits per heavy atom. The molecule has 0 fully saturated rings. The third kappa shape index (κ3) is 3.56. The van der Waals surface area contributed by atoms with E-state index in [0.29, 0.717) is 0 Å². The maximum atomic E-state index is 2.43. The van der Waals surface area contributed by atoms with Crippen molar-refractivity contribution in [2.45, 2.75) is 0 Å². The molecule has 0 saturated heterocycles. The molecule has 0 unspecified atom stereocenters.